The van der Waals surface area contributed by atoms with Crippen molar-refractivity contribution in [1.29, 1.82) is 0 Å². The van der Waals surface area contributed by atoms with E-state index in [-0.39, 0.29) is 11.6 Å². The van der Waals surface area contributed by atoms with Crippen LogP contribution in [0.25, 0.3) is 0 Å². The maximum Gasteiger partial charge on any atom is 0.337 e. The molecule has 0 saturated heterocycles. The second kappa shape index (κ2) is 6.55. The summed E-state index contributed by atoms with van der Waals surface area (Å²) in [4.78, 5) is 11.7. The normalized spacial score (nSPS) is 16.7. The van der Waals surface area contributed by atoms with Crippen LogP contribution >= 0.6 is 0 Å². The van der Waals surface area contributed by atoms with Crippen LogP contribution < -0.4 is 5.73 Å². The maximum absolute atomic E-state index is 11.7. The van der Waals surface area contributed by atoms with Crippen molar-refractivity contribution in [3.05, 3.63) is 0 Å². The van der Waals surface area contributed by atoms with Gasteiger partial charge in [-0.3, -0.25) is 0 Å². The fourth-order valence-corrected chi connectivity index (χ4v) is 2.19. The van der Waals surface area contributed by atoms with Gasteiger partial charge < -0.3 is 20.0 Å². The molecule has 0 spiro atoms. The van der Waals surface area contributed by atoms with Crippen LogP contribution in [-0.2, 0) is 14.0 Å². The molecular weight excluding hydrogens is 274 g/mol. The first-order valence-corrected chi connectivity index (χ1v) is 9.89. The number of hydrogen-bond acceptors (Lipinski definition) is 5. The first-order valence-electron chi connectivity index (χ1n) is 6.98. The van der Waals surface area contributed by atoms with Gasteiger partial charge in [0.1, 0.15) is 5.60 Å². The van der Waals surface area contributed by atoms with Gasteiger partial charge in [0, 0.05) is 0 Å². The Hall–Kier alpha value is -0.433. The van der Waals surface area contributed by atoms with Crippen LogP contribution in [0.1, 0.15) is 41.5 Å². The molecule has 0 rings (SSSR count). The zero-order chi connectivity index (χ0) is 16.4. The van der Waals surface area contributed by atoms with Crippen molar-refractivity contribution in [1.82, 2.24) is 0 Å². The third-order valence-electron chi connectivity index (χ3n) is 3.50. The van der Waals surface area contributed by atoms with E-state index in [1.165, 1.54) is 0 Å². The van der Waals surface area contributed by atoms with E-state index in [0.29, 0.717) is 0 Å². The van der Waals surface area contributed by atoms with Crippen LogP contribution in [0.2, 0.25) is 18.1 Å². The Morgan fingerprint density at radius 1 is 1.20 bits per heavy atom. The van der Waals surface area contributed by atoms with Gasteiger partial charge in [-0.25, -0.2) is 4.79 Å². The number of esters is 1. The molecule has 0 aromatic heterocycles. The second-order valence-electron chi connectivity index (χ2n) is 7.71. The summed E-state index contributed by atoms with van der Waals surface area (Å²) in [6, 6.07) is -0.779. The van der Waals surface area contributed by atoms with Crippen LogP contribution in [0.4, 0.5) is 0 Å². The molecule has 0 fully saturated rings. The minimum Gasteiger partial charge on any atom is -0.458 e. The van der Waals surface area contributed by atoms with Crippen LogP contribution in [0.15, 0.2) is 0 Å². The van der Waals surface area contributed by atoms with Crippen molar-refractivity contribution in [2.24, 2.45) is 5.73 Å². The standard InChI is InChI=1S/C14H31NO4Si/c1-13(2,3)19-12(17)11(16)10(15)9-18-20(7,8)14(4,5)6/h10-11,16H,9,15H2,1-8H3/t10-,11?/m0/s1. The minimum absolute atomic E-state index is 0.0591. The van der Waals surface area contributed by atoms with Gasteiger partial charge in [-0.05, 0) is 38.9 Å². The molecule has 0 radical (unpaired) electrons. The molecule has 0 aromatic rings. The van der Waals surface area contributed by atoms with Crippen molar-refractivity contribution in [2.45, 2.75) is 77.4 Å². The molecule has 120 valence electrons. The summed E-state index contributed by atoms with van der Waals surface area (Å²) in [7, 11) is -1.94. The van der Waals surface area contributed by atoms with Gasteiger partial charge in [0.15, 0.2) is 14.4 Å². The van der Waals surface area contributed by atoms with Crippen molar-refractivity contribution in [3.63, 3.8) is 0 Å². The Balaban J connectivity index is 4.49. The minimum atomic E-state index is -1.94. The molecule has 3 N–H and O–H groups in total. The Morgan fingerprint density at radius 2 is 1.65 bits per heavy atom. The predicted molar refractivity (Wildman–Crippen MR) is 83.0 cm³/mol. The monoisotopic (exact) mass is 305 g/mol. The average Bonchev–Trinajstić information content (AvgIpc) is 2.20. The van der Waals surface area contributed by atoms with Crippen molar-refractivity contribution in [2.75, 3.05) is 6.61 Å². The van der Waals surface area contributed by atoms with E-state index in [0.717, 1.165) is 0 Å². The fraction of sp³-hybridized carbons (Fsp3) is 0.929. The predicted octanol–water partition coefficient (Wildman–Crippen LogP) is 2.04. The Kier molecular flexibility index (Phi) is 6.41. The topological polar surface area (TPSA) is 81.8 Å². The van der Waals surface area contributed by atoms with Gasteiger partial charge in [0.05, 0.1) is 12.6 Å². The first-order chi connectivity index (χ1) is 8.67. The summed E-state index contributed by atoms with van der Waals surface area (Å²) in [6.07, 6.45) is -1.36. The molecule has 2 atom stereocenters. The van der Waals surface area contributed by atoms with Crippen LogP contribution in [-0.4, -0.2) is 43.7 Å². The van der Waals surface area contributed by atoms with Gasteiger partial charge in [-0.2, -0.15) is 0 Å². The average molecular weight is 305 g/mol. The zero-order valence-electron chi connectivity index (χ0n) is 14.1. The Bertz CT molecular complexity index is 331. The highest BCUT2D eigenvalue weighted by Gasteiger charge is 2.38. The van der Waals surface area contributed by atoms with E-state index >= 15 is 0 Å². The molecule has 6 heteroatoms. The van der Waals surface area contributed by atoms with Crippen LogP contribution in [0.3, 0.4) is 0 Å². The van der Waals surface area contributed by atoms with E-state index in [4.69, 9.17) is 14.9 Å². The van der Waals surface area contributed by atoms with Crippen LogP contribution in [0, 0.1) is 0 Å². The number of carbonyl (C=O) groups excluding carboxylic acids is 1. The van der Waals surface area contributed by atoms with Crippen molar-refractivity contribution < 1.29 is 19.1 Å². The summed E-state index contributed by atoms with van der Waals surface area (Å²) in [5, 5.41) is 9.94. The summed E-state index contributed by atoms with van der Waals surface area (Å²) in [5.41, 5.74) is 5.19. The number of hydrogen-bond donors (Lipinski definition) is 2. The highest BCUT2D eigenvalue weighted by atomic mass is 28.4. The van der Waals surface area contributed by atoms with Gasteiger partial charge in [0.25, 0.3) is 0 Å². The van der Waals surface area contributed by atoms with E-state index in [2.05, 4.69) is 33.9 Å². The molecule has 0 amide bonds. The highest BCUT2D eigenvalue weighted by molar-refractivity contribution is 6.74. The zero-order valence-corrected chi connectivity index (χ0v) is 15.1. The SMILES string of the molecule is CC(C)(C)OC(=O)C(O)[C@@H](N)CO[Si](C)(C)C(C)(C)C. The molecule has 5 nitrogen and oxygen atoms in total. The van der Waals surface area contributed by atoms with E-state index in [9.17, 15) is 9.90 Å². The Morgan fingerprint density at radius 3 is 2.00 bits per heavy atom. The molecule has 0 bridgehead atoms. The number of rotatable bonds is 5. The lowest BCUT2D eigenvalue weighted by Crippen LogP contribution is -2.50. The molecule has 0 saturated carbocycles. The number of nitrogens with two attached hydrogens (primary N) is 1. The van der Waals surface area contributed by atoms with Crippen molar-refractivity contribution >= 4 is 14.3 Å². The lowest BCUT2D eigenvalue weighted by Gasteiger charge is -2.37. The fourth-order valence-electron chi connectivity index (χ4n) is 1.15. The summed E-state index contributed by atoms with van der Waals surface area (Å²) < 4.78 is 11.0. The Labute approximate surface area is 124 Å². The maximum atomic E-state index is 11.7. The molecule has 0 aliphatic heterocycles. The molecule has 0 heterocycles. The summed E-state index contributed by atoms with van der Waals surface area (Å²) >= 11 is 0. The van der Waals surface area contributed by atoms with Gasteiger partial charge in [0.2, 0.25) is 0 Å². The van der Waals surface area contributed by atoms with Gasteiger partial charge in [-0.1, -0.05) is 20.8 Å². The van der Waals surface area contributed by atoms with Gasteiger partial charge >= 0.3 is 5.97 Å². The van der Waals surface area contributed by atoms with Gasteiger partial charge in [-0.15, -0.1) is 0 Å². The smallest absolute Gasteiger partial charge is 0.337 e. The third-order valence-corrected chi connectivity index (χ3v) is 8.00. The molecule has 20 heavy (non-hydrogen) atoms. The molecule has 0 aliphatic rings. The number of ether oxygens (including phenoxy) is 1. The largest absolute Gasteiger partial charge is 0.458 e. The molecule has 1 unspecified atom stereocenters. The lowest BCUT2D eigenvalue weighted by atomic mass is 10.1. The molecule has 0 aliphatic carbocycles. The number of carbonyl (C=O) groups is 1. The first kappa shape index (κ1) is 19.6. The highest BCUT2D eigenvalue weighted by Crippen LogP contribution is 2.36. The molecule has 0 aromatic carbocycles. The number of aliphatic hydroxyl groups excluding tert-OH is 1. The summed E-state index contributed by atoms with van der Waals surface area (Å²) in [5.74, 6) is -0.705. The third kappa shape index (κ3) is 6.34. The van der Waals surface area contributed by atoms with E-state index in [1.807, 2.05) is 0 Å². The summed E-state index contributed by atoms with van der Waals surface area (Å²) in [6.45, 7) is 15.9. The van der Waals surface area contributed by atoms with Crippen molar-refractivity contribution in [3.8, 4) is 0 Å². The second-order valence-corrected chi connectivity index (χ2v) is 12.5. The number of aliphatic hydroxyl groups is 1. The van der Waals surface area contributed by atoms with Crippen LogP contribution in [0.5, 0.6) is 0 Å². The molecular formula is C14H31NO4Si. The lowest BCUT2D eigenvalue weighted by molar-refractivity contribution is -0.166. The van der Waals surface area contributed by atoms with E-state index in [1.54, 1.807) is 20.8 Å². The van der Waals surface area contributed by atoms with E-state index < -0.39 is 32.0 Å². The quantitative estimate of drug-likeness (QED) is 0.600.